The van der Waals surface area contributed by atoms with Crippen molar-refractivity contribution in [3.05, 3.63) is 96.1 Å². The second kappa shape index (κ2) is 16.3. The van der Waals surface area contributed by atoms with Gasteiger partial charge in [0.15, 0.2) is 11.6 Å². The molecule has 0 aliphatic carbocycles. The second-order valence-corrected chi connectivity index (χ2v) is 16.5. The number of phenols is 2. The van der Waals surface area contributed by atoms with Gasteiger partial charge in [-0.3, -0.25) is 4.79 Å². The molecule has 2 fully saturated rings. The molecule has 2 aromatic heterocycles. The van der Waals surface area contributed by atoms with Gasteiger partial charge in [-0.15, -0.1) is 0 Å². The number of aromatic hydroxyl groups is 2. The van der Waals surface area contributed by atoms with E-state index in [0.717, 1.165) is 77.0 Å². The van der Waals surface area contributed by atoms with E-state index >= 15 is 0 Å². The Bertz CT molecular complexity index is 2410. The Labute approximate surface area is 333 Å². The number of aromatic nitrogens is 4. The number of carbonyl (C=O) groups is 1. The maximum absolute atomic E-state index is 12.5. The molecule has 0 unspecified atom stereocenters. The lowest BCUT2D eigenvalue weighted by Crippen LogP contribution is -2.43. The molecule has 57 heavy (non-hydrogen) atoms. The summed E-state index contributed by atoms with van der Waals surface area (Å²) < 4.78 is 0. The molecule has 0 bridgehead atoms. The first-order valence-electron chi connectivity index (χ1n) is 19.6. The minimum absolute atomic E-state index is 0.0730. The number of hydrogen-bond acceptors (Lipinski definition) is 11. The van der Waals surface area contributed by atoms with Crippen LogP contribution in [-0.2, 0) is 4.79 Å². The topological polar surface area (TPSA) is 174 Å². The van der Waals surface area contributed by atoms with Gasteiger partial charge in [-0.1, -0.05) is 57.2 Å². The van der Waals surface area contributed by atoms with E-state index in [9.17, 15) is 20.1 Å². The van der Waals surface area contributed by atoms with Gasteiger partial charge >= 0.3 is 0 Å². The van der Waals surface area contributed by atoms with Crippen molar-refractivity contribution >= 4 is 39.3 Å². The zero-order chi connectivity index (χ0) is 40.4. The minimum Gasteiger partial charge on any atom is -0.507 e. The van der Waals surface area contributed by atoms with Gasteiger partial charge in [0.25, 0.3) is 0 Å². The molecule has 6 N–H and O–H groups in total. The third-order valence-corrected chi connectivity index (χ3v) is 10.4. The summed E-state index contributed by atoms with van der Waals surface area (Å²) in [5.41, 5.74) is 11.1. The number of fused-ring (bicyclic) bond motifs is 2. The van der Waals surface area contributed by atoms with Crippen LogP contribution in [0.25, 0.3) is 44.6 Å². The zero-order valence-corrected chi connectivity index (χ0v) is 33.3. The highest BCUT2D eigenvalue weighted by molar-refractivity contribution is 5.93. The summed E-state index contributed by atoms with van der Waals surface area (Å²) in [6.45, 7) is 13.1. The molecule has 2 saturated heterocycles. The van der Waals surface area contributed by atoms with Crippen LogP contribution in [0.4, 0.5) is 11.6 Å². The predicted octanol–water partition coefficient (Wildman–Crippen LogP) is 6.65. The maximum atomic E-state index is 12.5. The molecule has 2 aliphatic rings. The van der Waals surface area contributed by atoms with E-state index in [2.05, 4.69) is 38.3 Å². The van der Waals surface area contributed by atoms with Gasteiger partial charge < -0.3 is 36.2 Å². The smallest absolute Gasteiger partial charge is 0.249 e. The number of nitrogens with one attached hydrogen (secondary N) is 1. The Morgan fingerprint density at radius 2 is 1.25 bits per heavy atom. The van der Waals surface area contributed by atoms with Gasteiger partial charge in [0.2, 0.25) is 5.91 Å². The number of nitrogens with zero attached hydrogens (tertiary/aromatic N) is 6. The fourth-order valence-corrected chi connectivity index (χ4v) is 7.51. The summed E-state index contributed by atoms with van der Waals surface area (Å²) in [5.74, 6) is 2.69. The first kappa shape index (κ1) is 39.4. The van der Waals surface area contributed by atoms with Gasteiger partial charge in [-0.2, -0.15) is 0 Å². The van der Waals surface area contributed by atoms with E-state index in [0.29, 0.717) is 35.7 Å². The van der Waals surface area contributed by atoms with Crippen LogP contribution >= 0.6 is 0 Å². The Morgan fingerprint density at radius 1 is 0.754 bits per heavy atom. The molecule has 12 nitrogen and oxygen atoms in total. The third kappa shape index (κ3) is 9.08. The molecule has 296 valence electrons. The Morgan fingerprint density at radius 3 is 1.72 bits per heavy atom. The van der Waals surface area contributed by atoms with Gasteiger partial charge in [0.05, 0.1) is 22.2 Å². The normalized spacial score (nSPS) is 17.5. The molecule has 4 aromatic carbocycles. The van der Waals surface area contributed by atoms with Crippen molar-refractivity contribution in [3.63, 3.8) is 0 Å². The van der Waals surface area contributed by atoms with Crippen molar-refractivity contribution in [3.8, 4) is 34.3 Å². The van der Waals surface area contributed by atoms with Crippen LogP contribution in [-0.4, -0.2) is 85.5 Å². The van der Waals surface area contributed by atoms with Crippen molar-refractivity contribution in [1.29, 1.82) is 0 Å². The van der Waals surface area contributed by atoms with E-state index in [1.807, 2.05) is 71.0 Å². The highest BCUT2D eigenvalue weighted by Crippen LogP contribution is 2.35. The fourth-order valence-electron chi connectivity index (χ4n) is 7.51. The van der Waals surface area contributed by atoms with Crippen LogP contribution in [0.5, 0.6) is 11.5 Å². The van der Waals surface area contributed by atoms with Gasteiger partial charge in [-0.05, 0) is 98.2 Å². The largest absolute Gasteiger partial charge is 0.507 e. The molecule has 8 rings (SSSR count). The first-order valence-corrected chi connectivity index (χ1v) is 19.6. The van der Waals surface area contributed by atoms with Crippen molar-refractivity contribution in [2.45, 2.75) is 72.1 Å². The number of aryl methyl sites for hydroxylation is 2. The summed E-state index contributed by atoms with van der Waals surface area (Å²) in [6.07, 6.45) is 1.12. The van der Waals surface area contributed by atoms with E-state index in [-0.39, 0.29) is 34.9 Å². The van der Waals surface area contributed by atoms with Crippen LogP contribution in [0, 0.1) is 19.3 Å². The summed E-state index contributed by atoms with van der Waals surface area (Å²) in [5, 5.41) is 35.8. The molecule has 1 amide bonds. The Hall–Kier alpha value is -5.85. The van der Waals surface area contributed by atoms with Gasteiger partial charge in [-0.25, -0.2) is 19.9 Å². The van der Waals surface area contributed by atoms with E-state index in [1.54, 1.807) is 30.3 Å². The van der Waals surface area contributed by atoms with E-state index < -0.39 is 6.10 Å². The number of carbonyl (C=O) groups excluding carboxylic acids is 1. The van der Waals surface area contributed by atoms with Crippen LogP contribution in [0.15, 0.2) is 84.9 Å². The highest BCUT2D eigenvalue weighted by Gasteiger charge is 2.30. The second-order valence-electron chi connectivity index (χ2n) is 16.5. The van der Waals surface area contributed by atoms with E-state index in [4.69, 9.17) is 20.7 Å². The summed E-state index contributed by atoms with van der Waals surface area (Å²) in [7, 11) is 0. The fraction of sp³-hybridized carbons (Fsp3) is 0.356. The zero-order valence-electron chi connectivity index (χ0n) is 33.3. The average Bonchev–Trinajstić information content (AvgIpc) is 3.82. The number of aliphatic hydroxyl groups is 1. The molecule has 0 radical (unpaired) electrons. The SMILES string of the molecule is Cc1ccc2c(N3CC[C@@H](N)C3)nc(-c3ccccc3O)nc2c1.Cc1ccc2c(N3CC[C@@H](NC(=O)[C@H](O)CC(C)(C)C)C3)nc(-c3ccccc3O)nc2c1. The average molecular weight is 769 g/mol. The molecule has 12 heteroatoms. The molecule has 2 aliphatic heterocycles. The highest BCUT2D eigenvalue weighted by atomic mass is 16.3. The number of aliphatic hydroxyl groups excluding tert-OH is 1. The van der Waals surface area contributed by atoms with Gasteiger partial charge in [0.1, 0.15) is 29.2 Å². The summed E-state index contributed by atoms with van der Waals surface area (Å²) in [6, 6.07) is 26.6. The first-order chi connectivity index (χ1) is 27.2. The van der Waals surface area contributed by atoms with Gasteiger partial charge in [0, 0.05) is 49.0 Å². The lowest BCUT2D eigenvalue weighted by Gasteiger charge is -2.24. The van der Waals surface area contributed by atoms with Crippen molar-refractivity contribution in [2.75, 3.05) is 36.0 Å². The van der Waals surface area contributed by atoms with Crippen LogP contribution in [0.3, 0.4) is 0 Å². The number of phenolic OH excluding ortho intramolecular Hbond substituents is 2. The summed E-state index contributed by atoms with van der Waals surface area (Å²) >= 11 is 0. The number of para-hydroxylation sites is 2. The molecular weight excluding hydrogens is 717 g/mol. The monoisotopic (exact) mass is 768 g/mol. The van der Waals surface area contributed by atoms with Crippen molar-refractivity contribution in [2.24, 2.45) is 11.1 Å². The minimum atomic E-state index is -1.02. The Balaban J connectivity index is 0.000000183. The number of rotatable bonds is 7. The predicted molar refractivity (Wildman–Crippen MR) is 226 cm³/mol. The molecular formula is C45H52N8O4. The molecule has 0 spiro atoms. The lowest BCUT2D eigenvalue weighted by molar-refractivity contribution is -0.131. The number of amides is 1. The summed E-state index contributed by atoms with van der Waals surface area (Å²) in [4.78, 5) is 35.9. The maximum Gasteiger partial charge on any atom is 0.249 e. The van der Waals surface area contributed by atoms with Crippen LogP contribution < -0.4 is 20.9 Å². The van der Waals surface area contributed by atoms with E-state index in [1.165, 1.54) is 0 Å². The lowest BCUT2D eigenvalue weighted by atomic mass is 9.89. The number of hydrogen-bond donors (Lipinski definition) is 5. The van der Waals surface area contributed by atoms with Crippen LogP contribution in [0.1, 0.15) is 51.2 Å². The van der Waals surface area contributed by atoms with Crippen LogP contribution in [0.2, 0.25) is 0 Å². The third-order valence-electron chi connectivity index (χ3n) is 10.4. The number of nitrogens with two attached hydrogens (primary N) is 1. The molecule has 3 atom stereocenters. The Kier molecular flexibility index (Phi) is 11.3. The molecule has 6 aromatic rings. The van der Waals surface area contributed by atoms with Crippen molar-refractivity contribution in [1.82, 2.24) is 25.3 Å². The standard InChI is InChI=1S/C26H32N4O3.C19H20N4O/c1-16-9-10-18-20(13-16)28-23(19-7-5-6-8-21(19)31)29-24(18)30-12-11-17(15-30)27-25(33)22(32)14-26(2,3)4;1-12-6-7-14-16(10-12)21-18(15-4-2-3-5-17(15)24)22-19(14)23-9-8-13(20)11-23/h5-10,13,17,22,31-32H,11-12,14-15H2,1-4H3,(H,27,33);2-7,10,13,24H,8-9,11,20H2,1H3/t17-,22-;13-/m11/s1. The molecule has 0 saturated carbocycles. The van der Waals surface area contributed by atoms with Crippen molar-refractivity contribution < 1.29 is 20.1 Å². The number of benzene rings is 4. The number of anilines is 2. The quantitative estimate of drug-likeness (QED) is 0.118. The molecule has 4 heterocycles.